The first-order valence-electron chi connectivity index (χ1n) is 6.75. The number of hydrogen-bond acceptors (Lipinski definition) is 5. The Hall–Kier alpha value is -2.30. The van der Waals surface area contributed by atoms with Gasteiger partial charge in [0.25, 0.3) is 0 Å². The van der Waals surface area contributed by atoms with Crippen molar-refractivity contribution < 1.29 is 14.0 Å². The molecule has 0 atom stereocenters. The summed E-state index contributed by atoms with van der Waals surface area (Å²) in [5.41, 5.74) is 0.901. The van der Waals surface area contributed by atoms with E-state index in [9.17, 15) is 4.79 Å². The van der Waals surface area contributed by atoms with Crippen molar-refractivity contribution in [2.24, 2.45) is 10.6 Å². The zero-order valence-corrected chi connectivity index (χ0v) is 13.0. The van der Waals surface area contributed by atoms with Gasteiger partial charge in [-0.2, -0.15) is 0 Å². The Kier molecular flexibility index (Phi) is 4.02. The van der Waals surface area contributed by atoms with Gasteiger partial charge in [-0.15, -0.1) is 0 Å². The van der Waals surface area contributed by atoms with Crippen LogP contribution in [0.3, 0.4) is 0 Å². The van der Waals surface area contributed by atoms with Crippen LogP contribution in [0.2, 0.25) is 0 Å². The molecule has 0 N–H and O–H groups in total. The molecule has 5 heteroatoms. The second kappa shape index (κ2) is 5.60. The summed E-state index contributed by atoms with van der Waals surface area (Å²) in [5, 5.41) is 3.86. The fraction of sp³-hybridized carbons (Fsp3) is 0.375. The molecule has 0 bridgehead atoms. The average molecular weight is 288 g/mol. The molecule has 0 aromatic carbocycles. The molecule has 112 valence electrons. The summed E-state index contributed by atoms with van der Waals surface area (Å²) in [6.07, 6.45) is 5.27. The summed E-state index contributed by atoms with van der Waals surface area (Å²) in [5.74, 6) is 1.08. The van der Waals surface area contributed by atoms with Crippen molar-refractivity contribution in [2.75, 3.05) is 19.0 Å². The summed E-state index contributed by atoms with van der Waals surface area (Å²) < 4.78 is 5.59. The summed E-state index contributed by atoms with van der Waals surface area (Å²) in [6, 6.07) is 3.76. The van der Waals surface area contributed by atoms with Crippen LogP contribution in [0.25, 0.3) is 6.08 Å². The van der Waals surface area contributed by atoms with E-state index in [1.807, 2.05) is 51.9 Å². The van der Waals surface area contributed by atoms with Crippen molar-refractivity contribution in [3.8, 4) is 0 Å². The Labute approximate surface area is 124 Å². The number of carbonyl (C=O) groups excluding carboxylic acids is 1. The van der Waals surface area contributed by atoms with Crippen LogP contribution >= 0.6 is 0 Å². The van der Waals surface area contributed by atoms with Gasteiger partial charge in [-0.25, -0.2) is 4.79 Å². The molecule has 1 aromatic heterocycles. The molecule has 1 aliphatic heterocycles. The van der Waals surface area contributed by atoms with E-state index < -0.39 is 5.97 Å². The van der Waals surface area contributed by atoms with Gasteiger partial charge in [0.05, 0.1) is 5.57 Å². The van der Waals surface area contributed by atoms with Gasteiger partial charge >= 0.3 is 5.97 Å². The monoisotopic (exact) mass is 288 g/mol. The number of oxime groups is 1. The molecular formula is C16H20N2O3. The maximum Gasteiger partial charge on any atom is 0.367 e. The summed E-state index contributed by atoms with van der Waals surface area (Å²) >= 11 is 0. The molecule has 5 nitrogen and oxygen atoms in total. The number of allylic oxidation sites excluding steroid dienone is 2. The van der Waals surface area contributed by atoms with E-state index in [2.05, 4.69) is 5.16 Å². The molecule has 0 unspecified atom stereocenters. The van der Waals surface area contributed by atoms with E-state index in [0.717, 1.165) is 11.6 Å². The van der Waals surface area contributed by atoms with Crippen molar-refractivity contribution in [3.63, 3.8) is 0 Å². The van der Waals surface area contributed by atoms with Crippen LogP contribution in [0, 0.1) is 5.41 Å². The highest BCUT2D eigenvalue weighted by molar-refractivity contribution is 6.24. The Balaban J connectivity index is 2.17. The zero-order chi connectivity index (χ0) is 15.6. The van der Waals surface area contributed by atoms with Crippen molar-refractivity contribution >= 4 is 23.6 Å². The zero-order valence-electron chi connectivity index (χ0n) is 13.0. The number of hydrogen-bond donors (Lipinski definition) is 0. The Morgan fingerprint density at radius 3 is 2.52 bits per heavy atom. The maximum atomic E-state index is 11.7. The van der Waals surface area contributed by atoms with Crippen LogP contribution in [0.4, 0.5) is 5.88 Å². The summed E-state index contributed by atoms with van der Waals surface area (Å²) in [4.78, 5) is 18.3. The lowest BCUT2D eigenvalue weighted by Gasteiger charge is -2.16. The van der Waals surface area contributed by atoms with E-state index in [4.69, 9.17) is 9.25 Å². The van der Waals surface area contributed by atoms with Gasteiger partial charge in [0, 0.05) is 25.6 Å². The Morgan fingerprint density at radius 1 is 1.24 bits per heavy atom. The fourth-order valence-electron chi connectivity index (χ4n) is 1.88. The molecule has 1 aromatic rings. The third-order valence-corrected chi connectivity index (χ3v) is 2.98. The Bertz CT molecular complexity index is 628. The van der Waals surface area contributed by atoms with Crippen molar-refractivity contribution in [2.45, 2.75) is 20.8 Å². The molecule has 0 saturated heterocycles. The quantitative estimate of drug-likeness (QED) is 0.633. The highest BCUT2D eigenvalue weighted by Gasteiger charge is 2.33. The predicted molar refractivity (Wildman–Crippen MR) is 83.1 cm³/mol. The van der Waals surface area contributed by atoms with Gasteiger partial charge in [0.15, 0.2) is 5.88 Å². The van der Waals surface area contributed by atoms with Crippen molar-refractivity contribution in [3.05, 3.63) is 35.6 Å². The van der Waals surface area contributed by atoms with Crippen molar-refractivity contribution in [1.29, 1.82) is 0 Å². The minimum Gasteiger partial charge on any atom is -0.441 e. The summed E-state index contributed by atoms with van der Waals surface area (Å²) in [7, 11) is 3.82. The molecular weight excluding hydrogens is 268 g/mol. The van der Waals surface area contributed by atoms with Gasteiger partial charge in [0.1, 0.15) is 11.5 Å². The third-order valence-electron chi connectivity index (χ3n) is 2.98. The second-order valence-corrected chi connectivity index (χ2v) is 6.08. The number of rotatable bonds is 3. The van der Waals surface area contributed by atoms with Gasteiger partial charge in [-0.3, -0.25) is 0 Å². The average Bonchev–Trinajstić information content (AvgIpc) is 2.96. The first-order valence-corrected chi connectivity index (χ1v) is 6.75. The fourth-order valence-corrected chi connectivity index (χ4v) is 1.88. The standard InChI is InChI=1S/C16H20N2O3/c1-16(2,3)14-12(15(19)21-17-14)8-6-7-11-9-10-13(20-11)18(4)5/h6-10H,1-5H3/b7-6+,12-8-. The molecule has 0 fully saturated rings. The SMILES string of the molecule is CN(C)c1ccc(/C=C/C=C2\C(=O)ON=C2C(C)(C)C)o1. The van der Waals surface area contributed by atoms with Crippen LogP contribution in [0.15, 0.2) is 39.4 Å². The highest BCUT2D eigenvalue weighted by atomic mass is 16.7. The lowest BCUT2D eigenvalue weighted by molar-refractivity contribution is -0.136. The van der Waals surface area contributed by atoms with Crippen LogP contribution < -0.4 is 4.90 Å². The number of nitrogens with zero attached hydrogens (tertiary/aromatic N) is 2. The van der Waals surface area contributed by atoms with Gasteiger partial charge in [-0.1, -0.05) is 32.0 Å². The van der Waals surface area contributed by atoms with Gasteiger partial charge in [-0.05, 0) is 18.2 Å². The Morgan fingerprint density at radius 2 is 1.95 bits per heavy atom. The summed E-state index contributed by atoms with van der Waals surface area (Å²) in [6.45, 7) is 5.96. The van der Waals surface area contributed by atoms with Crippen LogP contribution in [-0.4, -0.2) is 25.8 Å². The minimum atomic E-state index is -0.419. The molecule has 2 rings (SSSR count). The van der Waals surface area contributed by atoms with E-state index in [-0.39, 0.29) is 5.41 Å². The molecule has 0 spiro atoms. The predicted octanol–water partition coefficient (Wildman–Crippen LogP) is 3.24. The molecule has 21 heavy (non-hydrogen) atoms. The van der Waals surface area contributed by atoms with E-state index in [1.165, 1.54) is 0 Å². The molecule has 0 saturated carbocycles. The highest BCUT2D eigenvalue weighted by Crippen LogP contribution is 2.27. The molecule has 0 aliphatic carbocycles. The topological polar surface area (TPSA) is 55.0 Å². The van der Waals surface area contributed by atoms with Crippen LogP contribution in [0.1, 0.15) is 26.5 Å². The number of carbonyl (C=O) groups is 1. The van der Waals surface area contributed by atoms with E-state index in [0.29, 0.717) is 11.3 Å². The smallest absolute Gasteiger partial charge is 0.367 e. The maximum absolute atomic E-state index is 11.7. The lowest BCUT2D eigenvalue weighted by atomic mass is 9.85. The van der Waals surface area contributed by atoms with Gasteiger partial charge in [0.2, 0.25) is 0 Å². The van der Waals surface area contributed by atoms with Crippen LogP contribution in [-0.2, 0) is 9.63 Å². The largest absolute Gasteiger partial charge is 0.441 e. The number of furan rings is 1. The molecule has 0 radical (unpaired) electrons. The van der Waals surface area contributed by atoms with Crippen LogP contribution in [0.5, 0.6) is 0 Å². The third kappa shape index (κ3) is 3.42. The second-order valence-electron chi connectivity index (χ2n) is 6.08. The van der Waals surface area contributed by atoms with E-state index in [1.54, 1.807) is 18.2 Å². The number of anilines is 1. The lowest BCUT2D eigenvalue weighted by Crippen LogP contribution is -2.21. The van der Waals surface area contributed by atoms with Gasteiger partial charge < -0.3 is 14.2 Å². The first kappa shape index (κ1) is 15.1. The molecule has 1 aliphatic rings. The first-order chi connectivity index (χ1) is 9.79. The molecule has 2 heterocycles. The minimum absolute atomic E-state index is 0.241. The normalized spacial score (nSPS) is 17.5. The van der Waals surface area contributed by atoms with E-state index >= 15 is 0 Å². The molecule has 0 amide bonds. The van der Waals surface area contributed by atoms with Crippen molar-refractivity contribution in [1.82, 2.24) is 0 Å².